The van der Waals surface area contributed by atoms with Crippen LogP contribution in [0.1, 0.15) is 0 Å². The fourth-order valence-corrected chi connectivity index (χ4v) is 1.44. The van der Waals surface area contributed by atoms with Crippen LogP contribution >= 0.6 is 11.5 Å². The maximum absolute atomic E-state index is 11.4. The van der Waals surface area contributed by atoms with E-state index >= 15 is 0 Å². The Hall–Kier alpha value is -1.95. The Bertz CT molecular complexity index is 485. The first-order valence-electron chi connectivity index (χ1n) is 4.24. The molecule has 0 bridgehead atoms. The lowest BCUT2D eigenvalue weighted by atomic mass is 10.3. The number of nitrogens with zero attached hydrogens (tertiary/aromatic N) is 2. The van der Waals surface area contributed by atoms with Gasteiger partial charge in [0.1, 0.15) is 0 Å². The van der Waals surface area contributed by atoms with Crippen molar-refractivity contribution in [2.24, 2.45) is 4.99 Å². The first-order chi connectivity index (χ1) is 7.34. The zero-order valence-corrected chi connectivity index (χ0v) is 8.49. The SMILES string of the molecule is O=C(N=c1cn[nH]s1)Nc1ccccc1. The molecule has 0 saturated carbocycles. The predicted octanol–water partition coefficient (Wildman–Crippen LogP) is 1.60. The summed E-state index contributed by atoms with van der Waals surface area (Å²) in [6, 6.07) is 8.76. The Morgan fingerprint density at radius 1 is 1.40 bits per heavy atom. The lowest BCUT2D eigenvalue weighted by molar-refractivity contribution is 0.259. The van der Waals surface area contributed by atoms with Crippen LogP contribution in [0, 0.1) is 0 Å². The van der Waals surface area contributed by atoms with Gasteiger partial charge in [-0.1, -0.05) is 18.2 Å². The normalized spacial score (nSPS) is 11.3. The zero-order valence-electron chi connectivity index (χ0n) is 7.68. The van der Waals surface area contributed by atoms with Crippen molar-refractivity contribution in [1.82, 2.24) is 9.59 Å². The van der Waals surface area contributed by atoms with Crippen LogP contribution in [0.2, 0.25) is 0 Å². The molecule has 15 heavy (non-hydrogen) atoms. The van der Waals surface area contributed by atoms with Crippen LogP contribution in [-0.2, 0) is 0 Å². The highest BCUT2D eigenvalue weighted by Gasteiger charge is 1.97. The van der Waals surface area contributed by atoms with Gasteiger partial charge in [-0.15, -0.1) is 0 Å². The summed E-state index contributed by atoms with van der Waals surface area (Å²) in [6.45, 7) is 0. The molecule has 0 radical (unpaired) electrons. The second-order valence-corrected chi connectivity index (χ2v) is 3.50. The molecular weight excluding hydrogens is 212 g/mol. The lowest BCUT2D eigenvalue weighted by Gasteiger charge is -1.98. The van der Waals surface area contributed by atoms with Crippen LogP contribution in [0.4, 0.5) is 10.5 Å². The van der Waals surface area contributed by atoms with Crippen molar-refractivity contribution in [3.8, 4) is 0 Å². The number of carbonyl (C=O) groups excluding carboxylic acids is 1. The van der Waals surface area contributed by atoms with Crippen molar-refractivity contribution in [3.05, 3.63) is 41.2 Å². The molecule has 1 heterocycles. The lowest BCUT2D eigenvalue weighted by Crippen LogP contribution is -2.09. The monoisotopic (exact) mass is 220 g/mol. The van der Waals surface area contributed by atoms with Gasteiger partial charge in [0.25, 0.3) is 0 Å². The molecule has 5 nitrogen and oxygen atoms in total. The Kier molecular flexibility index (Phi) is 2.89. The van der Waals surface area contributed by atoms with Gasteiger partial charge in [0, 0.05) is 5.69 Å². The first-order valence-corrected chi connectivity index (χ1v) is 5.06. The fourth-order valence-electron chi connectivity index (χ4n) is 1.01. The Morgan fingerprint density at radius 2 is 2.20 bits per heavy atom. The number of H-pyrrole nitrogens is 1. The van der Waals surface area contributed by atoms with Crippen LogP contribution in [0.15, 0.2) is 41.5 Å². The highest BCUT2D eigenvalue weighted by molar-refractivity contribution is 7.02. The Labute approximate surface area is 89.6 Å². The van der Waals surface area contributed by atoms with Gasteiger partial charge in [0.2, 0.25) is 0 Å². The largest absolute Gasteiger partial charge is 0.346 e. The molecular formula is C9H8N4OS. The molecule has 2 N–H and O–H groups in total. The Balaban J connectivity index is 2.09. The summed E-state index contributed by atoms with van der Waals surface area (Å²) < 4.78 is 3.16. The summed E-state index contributed by atoms with van der Waals surface area (Å²) in [7, 11) is 0. The smallest absolute Gasteiger partial charge is 0.306 e. The summed E-state index contributed by atoms with van der Waals surface area (Å²) >= 11 is 1.20. The maximum atomic E-state index is 11.4. The molecule has 0 atom stereocenters. The molecule has 0 fully saturated rings. The van der Waals surface area contributed by atoms with E-state index in [9.17, 15) is 4.79 Å². The summed E-state index contributed by atoms with van der Waals surface area (Å²) in [4.78, 5) is 15.2. The van der Waals surface area contributed by atoms with E-state index in [-0.39, 0.29) is 0 Å². The van der Waals surface area contributed by atoms with Crippen molar-refractivity contribution in [1.29, 1.82) is 0 Å². The number of urea groups is 1. The minimum atomic E-state index is -0.404. The molecule has 1 aromatic heterocycles. The van der Waals surface area contributed by atoms with Gasteiger partial charge >= 0.3 is 6.03 Å². The summed E-state index contributed by atoms with van der Waals surface area (Å²) in [5.74, 6) is 0. The highest BCUT2D eigenvalue weighted by Crippen LogP contribution is 2.04. The van der Waals surface area contributed by atoms with E-state index < -0.39 is 6.03 Å². The van der Waals surface area contributed by atoms with Gasteiger partial charge in [-0.3, -0.25) is 0 Å². The van der Waals surface area contributed by atoms with E-state index in [1.807, 2.05) is 18.2 Å². The van der Waals surface area contributed by atoms with Crippen molar-refractivity contribution in [2.75, 3.05) is 5.32 Å². The number of benzene rings is 1. The maximum Gasteiger partial charge on any atom is 0.346 e. The van der Waals surface area contributed by atoms with Gasteiger partial charge in [0.15, 0.2) is 4.67 Å². The van der Waals surface area contributed by atoms with Crippen molar-refractivity contribution >= 4 is 23.3 Å². The number of anilines is 1. The van der Waals surface area contributed by atoms with Crippen LogP contribution in [0.25, 0.3) is 0 Å². The number of para-hydroxylation sites is 1. The van der Waals surface area contributed by atoms with Crippen LogP contribution in [0.5, 0.6) is 0 Å². The Morgan fingerprint density at radius 3 is 2.87 bits per heavy atom. The quantitative estimate of drug-likeness (QED) is 0.766. The average molecular weight is 220 g/mol. The predicted molar refractivity (Wildman–Crippen MR) is 57.5 cm³/mol. The second-order valence-electron chi connectivity index (χ2n) is 2.70. The molecule has 2 rings (SSSR count). The molecule has 0 aliphatic rings. The number of carbonyl (C=O) groups is 1. The van der Waals surface area contributed by atoms with E-state index in [2.05, 4.69) is 19.9 Å². The van der Waals surface area contributed by atoms with Gasteiger partial charge in [0.05, 0.1) is 6.20 Å². The molecule has 2 amide bonds. The molecule has 0 saturated heterocycles. The highest BCUT2D eigenvalue weighted by atomic mass is 32.1. The van der Waals surface area contributed by atoms with Crippen LogP contribution in [0.3, 0.4) is 0 Å². The first kappa shape index (κ1) is 9.60. The third-order valence-corrected chi connectivity index (χ3v) is 2.22. The standard InChI is InChI=1S/C9H8N4OS/c14-9(12-8-6-10-13-15-8)11-7-4-2-1-3-5-7/h1-6,13H,(H,11,14). The van der Waals surface area contributed by atoms with Crippen molar-refractivity contribution < 1.29 is 4.79 Å². The number of rotatable bonds is 1. The number of nitrogens with one attached hydrogen (secondary N) is 2. The zero-order chi connectivity index (χ0) is 10.5. The molecule has 1 aromatic carbocycles. The average Bonchev–Trinajstić information content (AvgIpc) is 2.71. The van der Waals surface area contributed by atoms with Crippen LogP contribution < -0.4 is 9.99 Å². The molecule has 0 unspecified atom stereocenters. The van der Waals surface area contributed by atoms with E-state index in [0.29, 0.717) is 4.67 Å². The van der Waals surface area contributed by atoms with Gasteiger partial charge in [-0.2, -0.15) is 10.1 Å². The number of aromatic amines is 1. The minimum Gasteiger partial charge on any atom is -0.306 e. The van der Waals surface area contributed by atoms with Crippen LogP contribution in [-0.4, -0.2) is 15.6 Å². The van der Waals surface area contributed by atoms with Gasteiger partial charge in [-0.05, 0) is 23.7 Å². The third kappa shape index (κ3) is 2.75. The molecule has 0 aliphatic heterocycles. The molecule has 0 aliphatic carbocycles. The van der Waals surface area contributed by atoms with E-state index in [1.54, 1.807) is 12.1 Å². The van der Waals surface area contributed by atoms with Crippen molar-refractivity contribution in [3.63, 3.8) is 0 Å². The molecule has 0 spiro atoms. The van der Waals surface area contributed by atoms with Gasteiger partial charge < -0.3 is 5.32 Å². The summed E-state index contributed by atoms with van der Waals surface area (Å²) in [6.07, 6.45) is 1.50. The topological polar surface area (TPSA) is 70.1 Å². The second kappa shape index (κ2) is 4.52. The van der Waals surface area contributed by atoms with E-state index in [0.717, 1.165) is 5.69 Å². The number of hydrogen-bond acceptors (Lipinski definition) is 3. The number of hydrogen-bond donors (Lipinski definition) is 2. The fraction of sp³-hybridized carbons (Fsp3) is 0. The summed E-state index contributed by atoms with van der Waals surface area (Å²) in [5.41, 5.74) is 0.722. The summed E-state index contributed by atoms with van der Waals surface area (Å²) in [5, 5.41) is 6.34. The number of amides is 2. The van der Waals surface area contributed by atoms with Gasteiger partial charge in [-0.25, -0.2) is 9.28 Å². The number of aromatic nitrogens is 2. The molecule has 2 aromatic rings. The minimum absolute atomic E-state index is 0.404. The van der Waals surface area contributed by atoms with E-state index in [4.69, 9.17) is 0 Å². The van der Waals surface area contributed by atoms with Crippen molar-refractivity contribution in [2.45, 2.75) is 0 Å². The van der Waals surface area contributed by atoms with E-state index in [1.165, 1.54) is 17.7 Å². The third-order valence-electron chi connectivity index (χ3n) is 1.61. The molecule has 76 valence electrons. The molecule has 6 heteroatoms.